The van der Waals surface area contributed by atoms with E-state index in [4.69, 9.17) is 10.8 Å². The SMILES string of the molecule is Cl.N[C@@H](CO)CC1CCC(O)CC1. The molecule has 3 nitrogen and oxygen atoms in total. The van der Waals surface area contributed by atoms with E-state index in [9.17, 15) is 5.11 Å². The summed E-state index contributed by atoms with van der Waals surface area (Å²) >= 11 is 0. The first-order valence-electron chi connectivity index (χ1n) is 4.77. The van der Waals surface area contributed by atoms with Crippen molar-refractivity contribution < 1.29 is 10.2 Å². The van der Waals surface area contributed by atoms with E-state index in [1.54, 1.807) is 0 Å². The quantitative estimate of drug-likeness (QED) is 0.640. The number of aliphatic hydroxyl groups is 2. The lowest BCUT2D eigenvalue weighted by Gasteiger charge is -2.26. The van der Waals surface area contributed by atoms with Crippen LogP contribution in [0.4, 0.5) is 0 Å². The minimum atomic E-state index is -0.0911. The van der Waals surface area contributed by atoms with Crippen LogP contribution in [-0.4, -0.2) is 29.0 Å². The fourth-order valence-corrected chi connectivity index (χ4v) is 1.88. The maximum atomic E-state index is 9.24. The van der Waals surface area contributed by atoms with Gasteiger partial charge in [0.15, 0.2) is 0 Å². The van der Waals surface area contributed by atoms with E-state index in [1.165, 1.54) is 0 Å². The van der Waals surface area contributed by atoms with Crippen LogP contribution in [0.3, 0.4) is 0 Å². The number of hydrogen-bond acceptors (Lipinski definition) is 3. The zero-order chi connectivity index (χ0) is 8.97. The van der Waals surface area contributed by atoms with Gasteiger partial charge in [-0.3, -0.25) is 0 Å². The summed E-state index contributed by atoms with van der Waals surface area (Å²) in [4.78, 5) is 0. The molecule has 0 saturated heterocycles. The van der Waals surface area contributed by atoms with Gasteiger partial charge >= 0.3 is 0 Å². The highest BCUT2D eigenvalue weighted by atomic mass is 35.5. The maximum absolute atomic E-state index is 9.24. The van der Waals surface area contributed by atoms with Gasteiger partial charge in [-0.1, -0.05) is 0 Å². The molecule has 4 N–H and O–H groups in total. The van der Waals surface area contributed by atoms with Gasteiger partial charge in [-0.15, -0.1) is 12.4 Å². The van der Waals surface area contributed by atoms with E-state index in [1.807, 2.05) is 0 Å². The Labute approximate surface area is 85.7 Å². The Morgan fingerprint density at radius 3 is 2.23 bits per heavy atom. The molecule has 0 spiro atoms. The monoisotopic (exact) mass is 209 g/mol. The van der Waals surface area contributed by atoms with Crippen LogP contribution < -0.4 is 5.73 Å². The van der Waals surface area contributed by atoms with Crippen molar-refractivity contribution in [2.45, 2.75) is 44.2 Å². The topological polar surface area (TPSA) is 66.5 Å². The number of hydrogen-bond donors (Lipinski definition) is 3. The first-order valence-corrected chi connectivity index (χ1v) is 4.77. The lowest BCUT2D eigenvalue weighted by Crippen LogP contribution is -2.29. The predicted molar refractivity (Wildman–Crippen MR) is 54.9 cm³/mol. The summed E-state index contributed by atoms with van der Waals surface area (Å²) < 4.78 is 0. The minimum absolute atomic E-state index is 0. The van der Waals surface area contributed by atoms with Crippen molar-refractivity contribution in [2.24, 2.45) is 11.7 Å². The number of rotatable bonds is 3. The second kappa shape index (κ2) is 6.60. The Balaban J connectivity index is 0.00000144. The van der Waals surface area contributed by atoms with E-state index in [0.717, 1.165) is 32.1 Å². The van der Waals surface area contributed by atoms with Crippen LogP contribution in [0.25, 0.3) is 0 Å². The Kier molecular flexibility index (Phi) is 6.68. The molecule has 1 atom stereocenters. The summed E-state index contributed by atoms with van der Waals surface area (Å²) in [6, 6.07) is -0.0646. The van der Waals surface area contributed by atoms with Crippen LogP contribution in [0.15, 0.2) is 0 Å². The van der Waals surface area contributed by atoms with Crippen LogP contribution in [0, 0.1) is 5.92 Å². The molecule has 1 aliphatic rings. The van der Waals surface area contributed by atoms with Crippen molar-refractivity contribution in [1.29, 1.82) is 0 Å². The highest BCUT2D eigenvalue weighted by Gasteiger charge is 2.20. The first-order chi connectivity index (χ1) is 5.72. The fraction of sp³-hybridized carbons (Fsp3) is 1.00. The molecule has 0 aromatic heterocycles. The van der Waals surface area contributed by atoms with E-state index >= 15 is 0 Å². The summed E-state index contributed by atoms with van der Waals surface area (Å²) in [5.41, 5.74) is 5.63. The van der Waals surface area contributed by atoms with Crippen LogP contribution in [0.1, 0.15) is 32.1 Å². The molecule has 0 amide bonds. The Hall–Kier alpha value is 0.170. The molecular weight excluding hydrogens is 190 g/mol. The Bertz CT molecular complexity index is 127. The van der Waals surface area contributed by atoms with Crippen molar-refractivity contribution >= 4 is 12.4 Å². The molecule has 0 radical (unpaired) electrons. The minimum Gasteiger partial charge on any atom is -0.395 e. The van der Waals surface area contributed by atoms with E-state index in [-0.39, 0.29) is 31.2 Å². The van der Waals surface area contributed by atoms with Crippen LogP contribution in [-0.2, 0) is 0 Å². The Morgan fingerprint density at radius 2 is 1.77 bits per heavy atom. The number of halogens is 1. The molecule has 0 unspecified atom stereocenters. The second-order valence-electron chi connectivity index (χ2n) is 3.85. The van der Waals surface area contributed by atoms with Crippen molar-refractivity contribution in [3.05, 3.63) is 0 Å². The third kappa shape index (κ3) is 4.81. The van der Waals surface area contributed by atoms with Gasteiger partial charge in [-0.2, -0.15) is 0 Å². The first kappa shape index (κ1) is 13.2. The van der Waals surface area contributed by atoms with Gasteiger partial charge in [0.1, 0.15) is 0 Å². The molecule has 1 fully saturated rings. The van der Waals surface area contributed by atoms with Crippen LogP contribution in [0.5, 0.6) is 0 Å². The lowest BCUT2D eigenvalue weighted by atomic mass is 9.84. The summed E-state index contributed by atoms with van der Waals surface area (Å²) in [6.45, 7) is 0.0824. The van der Waals surface area contributed by atoms with Crippen LogP contribution in [0.2, 0.25) is 0 Å². The van der Waals surface area contributed by atoms with Gasteiger partial charge in [0, 0.05) is 6.04 Å². The summed E-state index contributed by atoms with van der Waals surface area (Å²) in [6.07, 6.45) is 4.75. The van der Waals surface area contributed by atoms with E-state index in [0.29, 0.717) is 5.92 Å². The molecule has 4 heteroatoms. The zero-order valence-electron chi connectivity index (χ0n) is 7.85. The van der Waals surface area contributed by atoms with Crippen LogP contribution >= 0.6 is 12.4 Å². The Morgan fingerprint density at radius 1 is 1.23 bits per heavy atom. The summed E-state index contributed by atoms with van der Waals surface area (Å²) in [5, 5.41) is 18.0. The average Bonchev–Trinajstić information content (AvgIpc) is 2.09. The van der Waals surface area contributed by atoms with Gasteiger partial charge in [0.25, 0.3) is 0 Å². The summed E-state index contributed by atoms with van der Waals surface area (Å²) in [7, 11) is 0. The predicted octanol–water partition coefficient (Wildman–Crippen LogP) is 0.669. The molecule has 0 aliphatic heterocycles. The third-order valence-corrected chi connectivity index (χ3v) is 2.69. The molecule has 13 heavy (non-hydrogen) atoms. The van der Waals surface area contributed by atoms with Crippen molar-refractivity contribution in [1.82, 2.24) is 0 Å². The molecule has 1 rings (SSSR count). The lowest BCUT2D eigenvalue weighted by molar-refractivity contribution is 0.102. The molecule has 80 valence electrons. The molecular formula is C9H20ClNO2. The molecule has 0 aromatic rings. The third-order valence-electron chi connectivity index (χ3n) is 2.69. The van der Waals surface area contributed by atoms with Gasteiger partial charge in [0.05, 0.1) is 12.7 Å². The number of nitrogens with two attached hydrogens (primary N) is 1. The molecule has 0 aromatic carbocycles. The normalized spacial score (nSPS) is 30.7. The molecule has 0 heterocycles. The smallest absolute Gasteiger partial charge is 0.0582 e. The van der Waals surface area contributed by atoms with E-state index in [2.05, 4.69) is 0 Å². The highest BCUT2D eigenvalue weighted by Crippen LogP contribution is 2.27. The largest absolute Gasteiger partial charge is 0.395 e. The number of aliphatic hydroxyl groups excluding tert-OH is 2. The fourth-order valence-electron chi connectivity index (χ4n) is 1.88. The second-order valence-corrected chi connectivity index (χ2v) is 3.85. The van der Waals surface area contributed by atoms with Gasteiger partial charge in [-0.25, -0.2) is 0 Å². The summed E-state index contributed by atoms with van der Waals surface area (Å²) in [5.74, 6) is 0.621. The molecule has 1 saturated carbocycles. The van der Waals surface area contributed by atoms with Crippen molar-refractivity contribution in [2.75, 3.05) is 6.61 Å². The van der Waals surface area contributed by atoms with Crippen molar-refractivity contribution in [3.63, 3.8) is 0 Å². The average molecular weight is 210 g/mol. The zero-order valence-corrected chi connectivity index (χ0v) is 8.67. The van der Waals surface area contributed by atoms with E-state index < -0.39 is 0 Å². The maximum Gasteiger partial charge on any atom is 0.0582 e. The van der Waals surface area contributed by atoms with Gasteiger partial charge in [-0.05, 0) is 38.0 Å². The van der Waals surface area contributed by atoms with Crippen molar-refractivity contribution in [3.8, 4) is 0 Å². The molecule has 1 aliphatic carbocycles. The molecule has 0 bridgehead atoms. The standard InChI is InChI=1S/C9H19NO2.ClH/c10-8(6-11)5-7-1-3-9(12)4-2-7;/h7-9,11-12H,1-6,10H2;1H/t7?,8-,9?;/m1./s1. The van der Waals surface area contributed by atoms with Gasteiger partial charge < -0.3 is 15.9 Å². The van der Waals surface area contributed by atoms with Gasteiger partial charge in [0.2, 0.25) is 0 Å². The highest BCUT2D eigenvalue weighted by molar-refractivity contribution is 5.85.